The average molecular weight is 360 g/mol. The molecule has 12 nitrogen and oxygen atoms in total. The van der Waals surface area contributed by atoms with E-state index in [0.717, 1.165) is 4.68 Å². The molecular formula is C11H16N6O6S. The number of urea groups is 1. The lowest BCUT2D eigenvalue weighted by Crippen LogP contribution is -2.38. The Kier molecular flexibility index (Phi) is 3.75. The first-order valence-corrected chi connectivity index (χ1v) is 8.28. The normalized spacial score (nSPS) is 22.8. The summed E-state index contributed by atoms with van der Waals surface area (Å²) in [7, 11) is -1.78. The molecule has 3 amide bonds. The highest BCUT2D eigenvalue weighted by Crippen LogP contribution is 2.43. The van der Waals surface area contributed by atoms with E-state index in [1.807, 2.05) is 0 Å². The summed E-state index contributed by atoms with van der Waals surface area (Å²) >= 11 is 0. The molecule has 0 radical (unpaired) electrons. The summed E-state index contributed by atoms with van der Waals surface area (Å²) in [4.78, 5) is 27.0. The van der Waals surface area contributed by atoms with E-state index in [-0.39, 0.29) is 13.1 Å². The number of aromatic nitrogens is 2. The zero-order chi connectivity index (χ0) is 17.8. The number of amides is 3. The molecule has 3 N–H and O–H groups in total. The summed E-state index contributed by atoms with van der Waals surface area (Å²) in [5, 5.41) is 4.74. The zero-order valence-electron chi connectivity index (χ0n) is 12.9. The van der Waals surface area contributed by atoms with Crippen LogP contribution in [0, 0.1) is 0 Å². The molecule has 1 saturated heterocycles. The first kappa shape index (κ1) is 16.6. The fraction of sp³-hybridized carbons (Fsp3) is 0.545. The minimum absolute atomic E-state index is 0.0261. The lowest BCUT2D eigenvalue weighted by atomic mass is 9.98. The van der Waals surface area contributed by atoms with Crippen molar-refractivity contribution < 1.29 is 26.8 Å². The molecule has 132 valence electrons. The summed E-state index contributed by atoms with van der Waals surface area (Å²) in [6.45, 7) is 0.128. The molecule has 2 bridgehead atoms. The Morgan fingerprint density at radius 1 is 1.54 bits per heavy atom. The maximum atomic E-state index is 12.3. The van der Waals surface area contributed by atoms with E-state index >= 15 is 0 Å². The maximum absolute atomic E-state index is 12.3. The van der Waals surface area contributed by atoms with Crippen molar-refractivity contribution in [3.63, 3.8) is 0 Å². The molecule has 13 heteroatoms. The molecule has 24 heavy (non-hydrogen) atoms. The van der Waals surface area contributed by atoms with Crippen molar-refractivity contribution >= 4 is 22.5 Å². The summed E-state index contributed by atoms with van der Waals surface area (Å²) in [5.74, 6) is 0. The van der Waals surface area contributed by atoms with Crippen LogP contribution in [0.25, 0.3) is 0 Å². The third-order valence-electron chi connectivity index (χ3n) is 3.89. The van der Waals surface area contributed by atoms with Gasteiger partial charge >= 0.3 is 22.5 Å². The van der Waals surface area contributed by atoms with E-state index in [1.54, 1.807) is 14.1 Å². The van der Waals surface area contributed by atoms with Crippen LogP contribution in [-0.2, 0) is 14.7 Å². The molecule has 0 saturated carbocycles. The number of rotatable bonds is 3. The van der Waals surface area contributed by atoms with Crippen molar-refractivity contribution in [1.82, 2.24) is 24.6 Å². The summed E-state index contributed by atoms with van der Waals surface area (Å²) in [6.07, 6.45) is 1.40. The lowest BCUT2D eigenvalue weighted by molar-refractivity contribution is -0.0317. The first-order chi connectivity index (χ1) is 11.1. The van der Waals surface area contributed by atoms with Crippen LogP contribution in [0.15, 0.2) is 6.20 Å². The highest BCUT2D eigenvalue weighted by Gasteiger charge is 2.51. The Morgan fingerprint density at radius 2 is 2.21 bits per heavy atom. The second kappa shape index (κ2) is 5.41. The lowest BCUT2D eigenvalue weighted by Gasteiger charge is -2.28. The number of nitrogens with two attached hydrogens (primary N) is 1. The van der Waals surface area contributed by atoms with Gasteiger partial charge in [0.05, 0.1) is 18.3 Å². The Morgan fingerprint density at radius 3 is 2.75 bits per heavy atom. The fourth-order valence-electron chi connectivity index (χ4n) is 2.87. The van der Waals surface area contributed by atoms with Gasteiger partial charge in [0.1, 0.15) is 6.04 Å². The number of carbonyl (C=O) groups excluding carboxylic acids is 2. The van der Waals surface area contributed by atoms with Crippen LogP contribution in [0.3, 0.4) is 0 Å². The predicted octanol–water partition coefficient (Wildman–Crippen LogP) is -1.06. The minimum Gasteiger partial charge on any atom is -0.329 e. The molecule has 0 spiro atoms. The first-order valence-electron chi connectivity index (χ1n) is 6.92. The van der Waals surface area contributed by atoms with Crippen LogP contribution in [-0.4, -0.2) is 76.9 Å². The van der Waals surface area contributed by atoms with Gasteiger partial charge in [-0.3, -0.25) is 4.55 Å². The topological polar surface area (TPSA) is 151 Å². The number of hydrogen-bond donors (Lipinski definition) is 2. The van der Waals surface area contributed by atoms with Gasteiger partial charge in [-0.1, -0.05) is 0 Å². The molecule has 0 aliphatic carbocycles. The van der Waals surface area contributed by atoms with Crippen molar-refractivity contribution in [3.8, 4) is 0 Å². The van der Waals surface area contributed by atoms with Crippen LogP contribution in [0.4, 0.5) is 9.59 Å². The molecular weight excluding hydrogens is 344 g/mol. The standard InChI is InChI=1S/C11H16N6O6S/c1-14(2)10(18)16-4-6-8-5-15(7(3-12)9(6)13-16)11(19)17(8)23-24(20,21)22/h4,7-8H,3,5,12H2,1-2H3,(H,20,21,22). The molecule has 1 aromatic rings. The molecule has 1 fully saturated rings. The van der Waals surface area contributed by atoms with Gasteiger partial charge in [-0.2, -0.15) is 23.3 Å². The van der Waals surface area contributed by atoms with Crippen molar-refractivity contribution in [1.29, 1.82) is 0 Å². The zero-order valence-corrected chi connectivity index (χ0v) is 13.7. The van der Waals surface area contributed by atoms with Crippen LogP contribution >= 0.6 is 0 Å². The van der Waals surface area contributed by atoms with E-state index in [2.05, 4.69) is 9.38 Å². The minimum atomic E-state index is -4.88. The summed E-state index contributed by atoms with van der Waals surface area (Å²) < 4.78 is 36.4. The van der Waals surface area contributed by atoms with E-state index in [0.29, 0.717) is 16.3 Å². The molecule has 3 heterocycles. The maximum Gasteiger partial charge on any atom is 0.418 e. The molecule has 1 aromatic heterocycles. The molecule has 3 rings (SSSR count). The largest absolute Gasteiger partial charge is 0.418 e. The van der Waals surface area contributed by atoms with E-state index in [4.69, 9.17) is 10.3 Å². The number of fused-ring (bicyclic) bond motifs is 4. The van der Waals surface area contributed by atoms with Crippen molar-refractivity contribution in [2.75, 3.05) is 27.2 Å². The Bertz CT molecular complexity index is 804. The van der Waals surface area contributed by atoms with Crippen LogP contribution < -0.4 is 5.73 Å². The van der Waals surface area contributed by atoms with Gasteiger partial charge in [0, 0.05) is 32.4 Å². The SMILES string of the molecule is CN(C)C(=O)n1cc2c(n1)C(CN)N1CC2N(OS(=O)(=O)O)C1=O. The quantitative estimate of drug-likeness (QED) is 0.647. The van der Waals surface area contributed by atoms with Crippen LogP contribution in [0.1, 0.15) is 23.3 Å². The van der Waals surface area contributed by atoms with Gasteiger partial charge in [0.25, 0.3) is 0 Å². The van der Waals surface area contributed by atoms with Crippen LogP contribution in [0.2, 0.25) is 0 Å². The van der Waals surface area contributed by atoms with E-state index < -0.39 is 34.5 Å². The van der Waals surface area contributed by atoms with Crippen molar-refractivity contribution in [2.24, 2.45) is 5.73 Å². The second-order valence-electron chi connectivity index (χ2n) is 5.62. The molecule has 2 unspecified atom stereocenters. The monoisotopic (exact) mass is 360 g/mol. The number of carbonyl (C=O) groups is 2. The smallest absolute Gasteiger partial charge is 0.329 e. The molecule has 0 aromatic carbocycles. The highest BCUT2D eigenvalue weighted by molar-refractivity contribution is 7.80. The predicted molar refractivity (Wildman–Crippen MR) is 77.8 cm³/mol. The highest BCUT2D eigenvalue weighted by atomic mass is 32.3. The number of hydrogen-bond acceptors (Lipinski definition) is 7. The summed E-state index contributed by atoms with van der Waals surface area (Å²) in [6, 6.07) is -2.63. The Balaban J connectivity index is 2.06. The Hall–Kier alpha value is -2.22. The van der Waals surface area contributed by atoms with Crippen LogP contribution in [0.5, 0.6) is 0 Å². The summed E-state index contributed by atoms with van der Waals surface area (Å²) in [5.41, 5.74) is 6.54. The average Bonchev–Trinajstić information content (AvgIpc) is 3.02. The van der Waals surface area contributed by atoms with Gasteiger partial charge in [0.15, 0.2) is 0 Å². The van der Waals surface area contributed by atoms with E-state index in [9.17, 15) is 18.0 Å². The van der Waals surface area contributed by atoms with Gasteiger partial charge in [-0.15, -0.1) is 4.28 Å². The molecule has 2 atom stereocenters. The van der Waals surface area contributed by atoms with Gasteiger partial charge in [-0.05, 0) is 0 Å². The van der Waals surface area contributed by atoms with Gasteiger partial charge in [0.2, 0.25) is 0 Å². The number of nitrogens with zero attached hydrogens (tertiary/aromatic N) is 5. The second-order valence-corrected chi connectivity index (χ2v) is 6.63. The fourth-order valence-corrected chi connectivity index (χ4v) is 3.25. The van der Waals surface area contributed by atoms with Gasteiger partial charge in [-0.25, -0.2) is 9.59 Å². The van der Waals surface area contributed by atoms with Gasteiger partial charge < -0.3 is 15.5 Å². The Labute approximate surface area is 137 Å². The molecule has 2 aliphatic heterocycles. The third kappa shape index (κ3) is 2.50. The third-order valence-corrected chi connectivity index (χ3v) is 4.24. The number of hydroxylamine groups is 2. The van der Waals surface area contributed by atoms with E-state index in [1.165, 1.54) is 16.0 Å². The van der Waals surface area contributed by atoms with Crippen molar-refractivity contribution in [2.45, 2.75) is 12.1 Å². The van der Waals surface area contributed by atoms with Crippen molar-refractivity contribution in [3.05, 3.63) is 17.5 Å². The molecule has 2 aliphatic rings.